The lowest BCUT2D eigenvalue weighted by molar-refractivity contribution is 0.399. The average molecular weight is 208 g/mol. The number of aromatic nitrogens is 2. The molecule has 3 heteroatoms. The van der Waals surface area contributed by atoms with Crippen molar-refractivity contribution >= 4 is 0 Å². The lowest BCUT2D eigenvalue weighted by Gasteiger charge is -2.17. The molecule has 0 unspecified atom stereocenters. The summed E-state index contributed by atoms with van der Waals surface area (Å²) in [5, 5.41) is 0. The summed E-state index contributed by atoms with van der Waals surface area (Å²) in [7, 11) is 0. The Morgan fingerprint density at radius 2 is 1.93 bits per heavy atom. The van der Waals surface area contributed by atoms with Gasteiger partial charge in [-0.3, -0.25) is 4.79 Å². The molecule has 0 saturated carbocycles. The number of nitrogens with zero attached hydrogens (tertiary/aromatic N) is 1. The maximum absolute atomic E-state index is 11.6. The summed E-state index contributed by atoms with van der Waals surface area (Å²) in [6.07, 6.45) is 1.61. The van der Waals surface area contributed by atoms with E-state index in [2.05, 4.69) is 30.7 Å². The number of rotatable bonds is 2. The fraction of sp³-hybridized carbons (Fsp3) is 0.667. The second kappa shape index (κ2) is 4.17. The van der Waals surface area contributed by atoms with Crippen LogP contribution in [0.25, 0.3) is 0 Å². The van der Waals surface area contributed by atoms with Gasteiger partial charge in [-0.1, -0.05) is 27.7 Å². The molecular weight excluding hydrogens is 188 g/mol. The van der Waals surface area contributed by atoms with E-state index in [4.69, 9.17) is 0 Å². The molecule has 1 heterocycles. The van der Waals surface area contributed by atoms with Gasteiger partial charge in [-0.05, 0) is 18.8 Å². The first-order valence-corrected chi connectivity index (χ1v) is 5.42. The van der Waals surface area contributed by atoms with E-state index in [0.29, 0.717) is 0 Å². The van der Waals surface area contributed by atoms with E-state index in [1.165, 1.54) is 0 Å². The molecule has 84 valence electrons. The van der Waals surface area contributed by atoms with Crippen molar-refractivity contribution < 1.29 is 0 Å². The standard InChI is InChI=1S/C12H20N2O/c1-6-9-8(2)11(15)14-10(13-9)7-12(3,4)5/h6-7H2,1-5H3,(H,13,14,15). The SMILES string of the molecule is CCc1nc(CC(C)(C)C)[nH]c(=O)c1C. The maximum Gasteiger partial charge on any atom is 0.254 e. The summed E-state index contributed by atoms with van der Waals surface area (Å²) in [6.45, 7) is 10.3. The number of aromatic amines is 1. The first kappa shape index (κ1) is 12.0. The van der Waals surface area contributed by atoms with Crippen LogP contribution in [0.15, 0.2) is 4.79 Å². The molecule has 3 nitrogen and oxygen atoms in total. The number of H-pyrrole nitrogens is 1. The maximum atomic E-state index is 11.6. The molecule has 0 spiro atoms. The van der Waals surface area contributed by atoms with Crippen molar-refractivity contribution in [3.05, 3.63) is 27.4 Å². The molecule has 0 atom stereocenters. The first-order valence-electron chi connectivity index (χ1n) is 5.42. The molecule has 1 rings (SSSR count). The van der Waals surface area contributed by atoms with Crippen molar-refractivity contribution in [2.75, 3.05) is 0 Å². The summed E-state index contributed by atoms with van der Waals surface area (Å²) in [5.74, 6) is 0.801. The van der Waals surface area contributed by atoms with Gasteiger partial charge in [0.2, 0.25) is 0 Å². The smallest absolute Gasteiger partial charge is 0.254 e. The Hall–Kier alpha value is -1.12. The molecule has 0 aliphatic carbocycles. The van der Waals surface area contributed by atoms with E-state index in [-0.39, 0.29) is 11.0 Å². The predicted octanol–water partition coefficient (Wildman–Crippen LogP) is 2.23. The second-order valence-corrected chi connectivity index (χ2v) is 5.18. The highest BCUT2D eigenvalue weighted by Gasteiger charge is 2.14. The van der Waals surface area contributed by atoms with E-state index in [1.54, 1.807) is 0 Å². The van der Waals surface area contributed by atoms with Crippen molar-refractivity contribution in [1.29, 1.82) is 0 Å². The Kier molecular flexibility index (Phi) is 3.32. The Bertz CT molecular complexity index is 399. The van der Waals surface area contributed by atoms with Crippen LogP contribution in [0, 0.1) is 12.3 Å². The van der Waals surface area contributed by atoms with Gasteiger partial charge in [0.15, 0.2) is 0 Å². The van der Waals surface area contributed by atoms with Gasteiger partial charge in [0.05, 0.1) is 5.69 Å². The van der Waals surface area contributed by atoms with Crippen LogP contribution in [0.3, 0.4) is 0 Å². The summed E-state index contributed by atoms with van der Waals surface area (Å²) in [5.41, 5.74) is 1.81. The molecule has 1 aromatic rings. The molecule has 0 amide bonds. The van der Waals surface area contributed by atoms with Crippen LogP contribution in [0.2, 0.25) is 0 Å². The van der Waals surface area contributed by atoms with Gasteiger partial charge in [0, 0.05) is 12.0 Å². The normalized spacial score (nSPS) is 11.8. The van der Waals surface area contributed by atoms with E-state index in [0.717, 1.165) is 29.9 Å². The molecular formula is C12H20N2O. The third-order valence-electron chi connectivity index (χ3n) is 2.33. The molecule has 0 aromatic carbocycles. The molecule has 1 N–H and O–H groups in total. The molecule has 0 bridgehead atoms. The zero-order chi connectivity index (χ0) is 11.6. The quantitative estimate of drug-likeness (QED) is 0.810. The van der Waals surface area contributed by atoms with Crippen LogP contribution in [-0.2, 0) is 12.8 Å². The fourth-order valence-electron chi connectivity index (χ4n) is 1.56. The van der Waals surface area contributed by atoms with Crippen molar-refractivity contribution in [2.24, 2.45) is 5.41 Å². The summed E-state index contributed by atoms with van der Waals surface area (Å²) >= 11 is 0. The van der Waals surface area contributed by atoms with Gasteiger partial charge in [-0.2, -0.15) is 0 Å². The minimum atomic E-state index is 0.00102. The van der Waals surface area contributed by atoms with Crippen molar-refractivity contribution in [1.82, 2.24) is 9.97 Å². The Balaban J connectivity index is 3.12. The highest BCUT2D eigenvalue weighted by atomic mass is 16.1. The largest absolute Gasteiger partial charge is 0.310 e. The molecule has 0 radical (unpaired) electrons. The Morgan fingerprint density at radius 1 is 1.33 bits per heavy atom. The molecule has 0 aliphatic heterocycles. The van der Waals surface area contributed by atoms with E-state index in [9.17, 15) is 4.79 Å². The van der Waals surface area contributed by atoms with Crippen LogP contribution in [-0.4, -0.2) is 9.97 Å². The zero-order valence-corrected chi connectivity index (χ0v) is 10.3. The minimum absolute atomic E-state index is 0.00102. The number of hydrogen-bond donors (Lipinski definition) is 1. The predicted molar refractivity (Wildman–Crippen MR) is 62.1 cm³/mol. The lowest BCUT2D eigenvalue weighted by Crippen LogP contribution is -2.21. The zero-order valence-electron chi connectivity index (χ0n) is 10.3. The molecule has 1 aromatic heterocycles. The topological polar surface area (TPSA) is 45.8 Å². The van der Waals surface area contributed by atoms with E-state index < -0.39 is 0 Å². The van der Waals surface area contributed by atoms with Crippen LogP contribution < -0.4 is 5.56 Å². The highest BCUT2D eigenvalue weighted by molar-refractivity contribution is 5.16. The first-order chi connectivity index (χ1) is 6.83. The highest BCUT2D eigenvalue weighted by Crippen LogP contribution is 2.18. The van der Waals surface area contributed by atoms with Gasteiger partial charge in [0.25, 0.3) is 5.56 Å². The lowest BCUT2D eigenvalue weighted by atomic mass is 9.92. The summed E-state index contributed by atoms with van der Waals surface area (Å²) in [6, 6.07) is 0. The number of nitrogens with one attached hydrogen (secondary N) is 1. The fourth-order valence-corrected chi connectivity index (χ4v) is 1.56. The van der Waals surface area contributed by atoms with Crippen molar-refractivity contribution in [3.8, 4) is 0 Å². The van der Waals surface area contributed by atoms with Crippen LogP contribution in [0.5, 0.6) is 0 Å². The van der Waals surface area contributed by atoms with Gasteiger partial charge < -0.3 is 4.98 Å². The third-order valence-corrected chi connectivity index (χ3v) is 2.33. The van der Waals surface area contributed by atoms with Crippen molar-refractivity contribution in [3.63, 3.8) is 0 Å². The van der Waals surface area contributed by atoms with Crippen molar-refractivity contribution in [2.45, 2.75) is 47.5 Å². The number of hydrogen-bond acceptors (Lipinski definition) is 2. The van der Waals surface area contributed by atoms with E-state index >= 15 is 0 Å². The van der Waals surface area contributed by atoms with Gasteiger partial charge in [0.1, 0.15) is 5.82 Å². The Morgan fingerprint density at radius 3 is 2.40 bits per heavy atom. The van der Waals surface area contributed by atoms with Crippen LogP contribution in [0.4, 0.5) is 0 Å². The van der Waals surface area contributed by atoms with Crippen LogP contribution >= 0.6 is 0 Å². The molecule has 0 saturated heterocycles. The average Bonchev–Trinajstić information content (AvgIpc) is 2.08. The van der Waals surface area contributed by atoms with Gasteiger partial charge >= 0.3 is 0 Å². The third kappa shape index (κ3) is 3.18. The van der Waals surface area contributed by atoms with E-state index in [1.807, 2.05) is 13.8 Å². The molecule has 0 aliphatic rings. The molecule has 0 fully saturated rings. The van der Waals surface area contributed by atoms with Gasteiger partial charge in [-0.25, -0.2) is 4.98 Å². The van der Waals surface area contributed by atoms with Gasteiger partial charge in [-0.15, -0.1) is 0 Å². The second-order valence-electron chi connectivity index (χ2n) is 5.18. The Labute approximate surface area is 91.0 Å². The minimum Gasteiger partial charge on any atom is -0.310 e. The summed E-state index contributed by atoms with van der Waals surface area (Å²) in [4.78, 5) is 18.9. The molecule has 15 heavy (non-hydrogen) atoms. The van der Waals surface area contributed by atoms with Crippen LogP contribution in [0.1, 0.15) is 44.8 Å². The number of aryl methyl sites for hydroxylation is 1. The summed E-state index contributed by atoms with van der Waals surface area (Å²) < 4.78 is 0. The monoisotopic (exact) mass is 208 g/mol.